The van der Waals surface area contributed by atoms with Crippen LogP contribution in [0.4, 0.5) is 17.1 Å². The minimum atomic E-state index is -0.466. The number of anilines is 2. The first-order valence-electron chi connectivity index (χ1n) is 6.35. The molecular formula is C15H15N3O3. The van der Waals surface area contributed by atoms with E-state index in [1.165, 1.54) is 6.07 Å². The summed E-state index contributed by atoms with van der Waals surface area (Å²) >= 11 is 0. The van der Waals surface area contributed by atoms with Crippen molar-refractivity contribution in [1.82, 2.24) is 0 Å². The molecule has 21 heavy (non-hydrogen) atoms. The Bertz CT molecular complexity index is 681. The van der Waals surface area contributed by atoms with Crippen LogP contribution in [0.2, 0.25) is 0 Å². The number of hydrogen-bond donors (Lipinski definition) is 2. The zero-order valence-corrected chi connectivity index (χ0v) is 11.7. The molecule has 2 N–H and O–H groups in total. The highest BCUT2D eigenvalue weighted by molar-refractivity contribution is 6.04. The van der Waals surface area contributed by atoms with Gasteiger partial charge in [-0.15, -0.1) is 0 Å². The summed E-state index contributed by atoms with van der Waals surface area (Å²) in [4.78, 5) is 22.5. The number of nitrogens with one attached hydrogen (secondary N) is 2. The highest BCUT2D eigenvalue weighted by Crippen LogP contribution is 2.22. The van der Waals surface area contributed by atoms with Crippen molar-refractivity contribution < 1.29 is 9.72 Å². The highest BCUT2D eigenvalue weighted by Gasteiger charge is 2.13. The van der Waals surface area contributed by atoms with Gasteiger partial charge in [0, 0.05) is 35.6 Å². The predicted octanol–water partition coefficient (Wildman–Crippen LogP) is 3.20. The Hall–Kier alpha value is -2.89. The molecule has 0 heterocycles. The molecule has 0 saturated heterocycles. The molecule has 0 fully saturated rings. The van der Waals surface area contributed by atoms with E-state index in [4.69, 9.17) is 0 Å². The first kappa shape index (κ1) is 14.5. The lowest BCUT2D eigenvalue weighted by Crippen LogP contribution is -2.12. The molecule has 0 spiro atoms. The van der Waals surface area contributed by atoms with Crippen LogP contribution < -0.4 is 10.6 Å². The maximum atomic E-state index is 12.1. The van der Waals surface area contributed by atoms with Gasteiger partial charge in [0.25, 0.3) is 11.6 Å². The van der Waals surface area contributed by atoms with Crippen LogP contribution in [0.1, 0.15) is 15.9 Å². The SMILES string of the molecule is CNc1ccc(C(=O)Nc2ccc(C)c([N+](=O)[O-])c2)cc1. The van der Waals surface area contributed by atoms with E-state index in [2.05, 4.69) is 10.6 Å². The van der Waals surface area contributed by atoms with Gasteiger partial charge >= 0.3 is 0 Å². The first-order valence-corrected chi connectivity index (χ1v) is 6.35. The van der Waals surface area contributed by atoms with Crippen molar-refractivity contribution >= 4 is 23.0 Å². The van der Waals surface area contributed by atoms with Gasteiger partial charge in [0.05, 0.1) is 4.92 Å². The van der Waals surface area contributed by atoms with Crippen molar-refractivity contribution in [3.63, 3.8) is 0 Å². The standard InChI is InChI=1S/C15H15N3O3/c1-10-3-6-13(9-14(10)18(20)21)17-15(19)11-4-7-12(16-2)8-5-11/h3-9,16H,1-2H3,(H,17,19). The van der Waals surface area contributed by atoms with Gasteiger partial charge in [-0.05, 0) is 37.3 Å². The number of nitro groups is 1. The van der Waals surface area contributed by atoms with E-state index in [-0.39, 0.29) is 11.6 Å². The summed E-state index contributed by atoms with van der Waals surface area (Å²) in [5.41, 5.74) is 2.32. The van der Waals surface area contributed by atoms with Gasteiger partial charge in [0.15, 0.2) is 0 Å². The van der Waals surface area contributed by atoms with Crippen molar-refractivity contribution in [3.8, 4) is 0 Å². The number of carbonyl (C=O) groups excluding carboxylic acids is 1. The van der Waals surface area contributed by atoms with Crippen LogP contribution in [0.25, 0.3) is 0 Å². The van der Waals surface area contributed by atoms with Crippen molar-refractivity contribution in [1.29, 1.82) is 0 Å². The van der Waals surface area contributed by atoms with Crippen molar-refractivity contribution in [2.45, 2.75) is 6.92 Å². The lowest BCUT2D eigenvalue weighted by atomic mass is 10.1. The number of nitro benzene ring substituents is 1. The quantitative estimate of drug-likeness (QED) is 0.667. The third-order valence-electron chi connectivity index (χ3n) is 3.10. The zero-order valence-electron chi connectivity index (χ0n) is 11.7. The summed E-state index contributed by atoms with van der Waals surface area (Å²) in [6.07, 6.45) is 0. The van der Waals surface area contributed by atoms with Crippen LogP contribution in [0.15, 0.2) is 42.5 Å². The molecule has 0 bridgehead atoms. The molecular weight excluding hydrogens is 270 g/mol. The van der Waals surface area contributed by atoms with E-state index >= 15 is 0 Å². The summed E-state index contributed by atoms with van der Waals surface area (Å²) < 4.78 is 0. The highest BCUT2D eigenvalue weighted by atomic mass is 16.6. The Kier molecular flexibility index (Phi) is 4.18. The second kappa shape index (κ2) is 6.04. The lowest BCUT2D eigenvalue weighted by molar-refractivity contribution is -0.385. The summed E-state index contributed by atoms with van der Waals surface area (Å²) in [5.74, 6) is -0.309. The second-order valence-corrected chi connectivity index (χ2v) is 4.54. The van der Waals surface area contributed by atoms with Gasteiger partial charge in [-0.1, -0.05) is 6.07 Å². The summed E-state index contributed by atoms with van der Waals surface area (Å²) in [7, 11) is 1.79. The topological polar surface area (TPSA) is 84.3 Å². The number of carbonyl (C=O) groups is 1. The monoisotopic (exact) mass is 285 g/mol. The Morgan fingerprint density at radius 2 is 1.71 bits per heavy atom. The smallest absolute Gasteiger partial charge is 0.274 e. The Morgan fingerprint density at radius 3 is 2.29 bits per heavy atom. The summed E-state index contributed by atoms with van der Waals surface area (Å²) in [5, 5.41) is 16.5. The molecule has 2 aromatic carbocycles. The predicted molar refractivity (Wildman–Crippen MR) is 81.8 cm³/mol. The van der Waals surface area contributed by atoms with E-state index in [1.54, 1.807) is 50.4 Å². The van der Waals surface area contributed by atoms with Crippen LogP contribution in [0.5, 0.6) is 0 Å². The fourth-order valence-electron chi connectivity index (χ4n) is 1.88. The molecule has 0 unspecified atom stereocenters. The molecule has 2 rings (SSSR count). The zero-order chi connectivity index (χ0) is 15.4. The third kappa shape index (κ3) is 3.36. The fraction of sp³-hybridized carbons (Fsp3) is 0.133. The van der Waals surface area contributed by atoms with Crippen LogP contribution in [0.3, 0.4) is 0 Å². The Labute approximate surface area is 121 Å². The summed E-state index contributed by atoms with van der Waals surface area (Å²) in [6.45, 7) is 1.65. The number of hydrogen-bond acceptors (Lipinski definition) is 4. The van der Waals surface area contributed by atoms with Gasteiger partial charge in [-0.2, -0.15) is 0 Å². The van der Waals surface area contributed by atoms with Gasteiger partial charge in [0.1, 0.15) is 0 Å². The molecule has 108 valence electrons. The van der Waals surface area contributed by atoms with Crippen LogP contribution in [-0.2, 0) is 0 Å². The molecule has 6 nitrogen and oxygen atoms in total. The lowest BCUT2D eigenvalue weighted by Gasteiger charge is -2.07. The van der Waals surface area contributed by atoms with E-state index in [9.17, 15) is 14.9 Å². The largest absolute Gasteiger partial charge is 0.388 e. The third-order valence-corrected chi connectivity index (χ3v) is 3.10. The maximum absolute atomic E-state index is 12.1. The molecule has 0 aliphatic heterocycles. The molecule has 0 aromatic heterocycles. The van der Waals surface area contributed by atoms with Gasteiger partial charge in [0.2, 0.25) is 0 Å². The number of nitrogens with zero attached hydrogens (tertiary/aromatic N) is 1. The van der Waals surface area contributed by atoms with Crippen molar-refractivity contribution in [3.05, 3.63) is 63.7 Å². The number of amides is 1. The molecule has 1 amide bonds. The van der Waals surface area contributed by atoms with Crippen LogP contribution in [-0.4, -0.2) is 17.9 Å². The van der Waals surface area contributed by atoms with Crippen molar-refractivity contribution in [2.24, 2.45) is 0 Å². The summed E-state index contributed by atoms with van der Waals surface area (Å²) in [6, 6.07) is 11.5. The Balaban J connectivity index is 2.19. The van der Waals surface area contributed by atoms with E-state index in [0.717, 1.165) is 5.69 Å². The molecule has 6 heteroatoms. The molecule has 0 atom stereocenters. The average molecular weight is 285 g/mol. The van der Waals surface area contributed by atoms with E-state index < -0.39 is 4.92 Å². The number of benzene rings is 2. The second-order valence-electron chi connectivity index (χ2n) is 4.54. The molecule has 0 saturated carbocycles. The normalized spacial score (nSPS) is 10.0. The van der Waals surface area contributed by atoms with Gasteiger partial charge in [-0.25, -0.2) is 0 Å². The molecule has 0 radical (unpaired) electrons. The van der Waals surface area contributed by atoms with E-state index in [1.807, 2.05) is 0 Å². The van der Waals surface area contributed by atoms with E-state index in [0.29, 0.717) is 16.8 Å². The molecule has 0 aliphatic rings. The maximum Gasteiger partial charge on any atom is 0.274 e. The molecule has 0 aliphatic carbocycles. The number of aryl methyl sites for hydroxylation is 1. The van der Waals surface area contributed by atoms with Crippen molar-refractivity contribution in [2.75, 3.05) is 17.7 Å². The molecule has 2 aromatic rings. The van der Waals surface area contributed by atoms with Crippen LogP contribution >= 0.6 is 0 Å². The van der Waals surface area contributed by atoms with Gasteiger partial charge < -0.3 is 10.6 Å². The average Bonchev–Trinajstić information content (AvgIpc) is 2.49. The first-order chi connectivity index (χ1) is 10.0. The van der Waals surface area contributed by atoms with Gasteiger partial charge in [-0.3, -0.25) is 14.9 Å². The fourth-order valence-corrected chi connectivity index (χ4v) is 1.88. The van der Waals surface area contributed by atoms with Crippen LogP contribution in [0, 0.1) is 17.0 Å². The Morgan fingerprint density at radius 1 is 1.10 bits per heavy atom. The minimum absolute atomic E-state index is 0.0154. The number of rotatable bonds is 4. The minimum Gasteiger partial charge on any atom is -0.388 e.